The van der Waals surface area contributed by atoms with Gasteiger partial charge in [0.25, 0.3) is 0 Å². The smallest absolute Gasteiger partial charge is 0.481 e. The second kappa shape index (κ2) is 5.86. The number of oxazole rings is 1. The van der Waals surface area contributed by atoms with Gasteiger partial charge in [-0.2, -0.15) is 0 Å². The summed E-state index contributed by atoms with van der Waals surface area (Å²) in [5.74, 6) is -0.711. The lowest BCUT2D eigenvalue weighted by Gasteiger charge is -2.08. The molecule has 0 amide bonds. The zero-order valence-electron chi connectivity index (χ0n) is 10.6. The Morgan fingerprint density at radius 2 is 1.95 bits per heavy atom. The molecule has 2 rings (SSSR count). The van der Waals surface area contributed by atoms with E-state index in [1.54, 1.807) is 0 Å². The molecule has 1 aromatic heterocycles. The molecule has 0 unspecified atom stereocenters. The number of carbonyl (C=O) groups is 1. The minimum atomic E-state index is -4.74. The topological polar surface area (TPSA) is 72.6 Å². The maximum atomic E-state index is 12.0. The molecule has 0 aliphatic carbocycles. The zero-order valence-corrected chi connectivity index (χ0v) is 10.6. The highest BCUT2D eigenvalue weighted by atomic mass is 19.4. The van der Waals surface area contributed by atoms with Gasteiger partial charge < -0.3 is 14.3 Å². The van der Waals surface area contributed by atoms with Crippen molar-refractivity contribution in [2.24, 2.45) is 0 Å². The Bertz CT molecular complexity index is 619. The molecule has 0 aliphatic heterocycles. The van der Waals surface area contributed by atoms with E-state index in [4.69, 9.17) is 9.52 Å². The van der Waals surface area contributed by atoms with Gasteiger partial charge in [0.05, 0.1) is 12.6 Å². The van der Waals surface area contributed by atoms with Crippen LogP contribution in [0.3, 0.4) is 0 Å². The van der Waals surface area contributed by atoms with E-state index in [9.17, 15) is 18.0 Å². The van der Waals surface area contributed by atoms with E-state index >= 15 is 0 Å². The van der Waals surface area contributed by atoms with Crippen LogP contribution in [0.1, 0.15) is 12.3 Å². The molecule has 0 aliphatic rings. The molecule has 21 heavy (non-hydrogen) atoms. The predicted molar refractivity (Wildman–Crippen MR) is 64.6 cm³/mol. The molecule has 1 aromatic carbocycles. The van der Waals surface area contributed by atoms with Gasteiger partial charge in [0, 0.05) is 12.0 Å². The number of benzene rings is 1. The molecule has 0 radical (unpaired) electrons. The van der Waals surface area contributed by atoms with E-state index in [2.05, 4.69) is 9.72 Å². The number of hydrogen-bond acceptors (Lipinski definition) is 4. The number of aryl methyl sites for hydroxylation is 1. The van der Waals surface area contributed by atoms with Gasteiger partial charge in [0.1, 0.15) is 5.75 Å². The van der Waals surface area contributed by atoms with E-state index in [0.717, 1.165) is 12.1 Å². The van der Waals surface area contributed by atoms with Crippen molar-refractivity contribution in [3.05, 3.63) is 36.4 Å². The van der Waals surface area contributed by atoms with Crippen LogP contribution in [-0.2, 0) is 11.2 Å². The number of carboxylic acids is 1. The molecule has 8 heteroatoms. The molecular weight excluding hydrogens is 291 g/mol. The molecule has 1 N–H and O–H groups in total. The predicted octanol–water partition coefficient (Wildman–Crippen LogP) is 3.26. The summed E-state index contributed by atoms with van der Waals surface area (Å²) in [6.07, 6.45) is -3.32. The third-order valence-corrected chi connectivity index (χ3v) is 2.48. The average Bonchev–Trinajstić information content (AvgIpc) is 2.84. The van der Waals surface area contributed by atoms with Crippen molar-refractivity contribution in [3.63, 3.8) is 0 Å². The summed E-state index contributed by atoms with van der Waals surface area (Å²) in [6, 6.07) is 5.09. The molecule has 0 fully saturated rings. The van der Waals surface area contributed by atoms with Gasteiger partial charge in [0.2, 0.25) is 0 Å². The van der Waals surface area contributed by atoms with Crippen LogP contribution in [0.15, 0.2) is 34.9 Å². The Morgan fingerprint density at radius 1 is 1.29 bits per heavy atom. The first kappa shape index (κ1) is 14.9. The number of ether oxygens (including phenoxy) is 1. The normalized spacial score (nSPS) is 11.4. The van der Waals surface area contributed by atoms with Gasteiger partial charge in [0.15, 0.2) is 11.7 Å². The number of alkyl halides is 3. The summed E-state index contributed by atoms with van der Waals surface area (Å²) in [6.45, 7) is 0. The number of halogens is 3. The summed E-state index contributed by atoms with van der Waals surface area (Å²) in [5.41, 5.74) is 0.513. The second-order valence-corrected chi connectivity index (χ2v) is 4.08. The van der Waals surface area contributed by atoms with Crippen LogP contribution < -0.4 is 4.74 Å². The van der Waals surface area contributed by atoms with Gasteiger partial charge in [-0.15, -0.1) is 13.2 Å². The summed E-state index contributed by atoms with van der Waals surface area (Å²) >= 11 is 0. The van der Waals surface area contributed by atoms with Crippen molar-refractivity contribution in [1.29, 1.82) is 0 Å². The molecule has 2 aromatic rings. The van der Waals surface area contributed by atoms with Crippen LogP contribution in [0.4, 0.5) is 13.2 Å². The molecule has 112 valence electrons. The number of nitrogens with zero attached hydrogens (tertiary/aromatic N) is 1. The fourth-order valence-corrected chi connectivity index (χ4v) is 1.59. The Hall–Kier alpha value is -2.51. The Balaban J connectivity index is 2.07. The Labute approximate surface area is 117 Å². The molecular formula is C13H10F3NO4. The standard InChI is InChI=1S/C13H10F3NO4/c14-13(15,16)21-9-3-1-8(2-4-9)10-7-17-11(20-10)5-6-12(18)19/h1-4,7H,5-6H2,(H,18,19). The van der Waals surface area contributed by atoms with Gasteiger partial charge in [-0.1, -0.05) is 0 Å². The summed E-state index contributed by atoms with van der Waals surface area (Å²) in [7, 11) is 0. The first-order chi connectivity index (χ1) is 9.83. The Morgan fingerprint density at radius 3 is 2.52 bits per heavy atom. The zero-order chi connectivity index (χ0) is 15.5. The van der Waals surface area contributed by atoms with Crippen LogP contribution in [0.25, 0.3) is 11.3 Å². The summed E-state index contributed by atoms with van der Waals surface area (Å²) in [4.78, 5) is 14.3. The first-order valence-corrected chi connectivity index (χ1v) is 5.86. The molecule has 0 saturated carbocycles. The quantitative estimate of drug-likeness (QED) is 0.917. The second-order valence-electron chi connectivity index (χ2n) is 4.08. The lowest BCUT2D eigenvalue weighted by Crippen LogP contribution is -2.16. The van der Waals surface area contributed by atoms with Crippen LogP contribution >= 0.6 is 0 Å². The highest BCUT2D eigenvalue weighted by Gasteiger charge is 2.31. The summed E-state index contributed by atoms with van der Waals surface area (Å²) in [5, 5.41) is 8.55. The van der Waals surface area contributed by atoms with Crippen LogP contribution in [0.5, 0.6) is 5.75 Å². The average molecular weight is 301 g/mol. The van der Waals surface area contributed by atoms with Crippen molar-refractivity contribution in [2.75, 3.05) is 0 Å². The third-order valence-electron chi connectivity index (χ3n) is 2.48. The lowest BCUT2D eigenvalue weighted by atomic mass is 10.2. The van der Waals surface area contributed by atoms with Crippen molar-refractivity contribution >= 4 is 5.97 Å². The molecule has 1 heterocycles. The lowest BCUT2D eigenvalue weighted by molar-refractivity contribution is -0.274. The van der Waals surface area contributed by atoms with Gasteiger partial charge in [-0.25, -0.2) is 4.98 Å². The highest BCUT2D eigenvalue weighted by Crippen LogP contribution is 2.27. The van der Waals surface area contributed by atoms with E-state index in [1.807, 2.05) is 0 Å². The fourth-order valence-electron chi connectivity index (χ4n) is 1.59. The monoisotopic (exact) mass is 301 g/mol. The maximum Gasteiger partial charge on any atom is 0.573 e. The van der Waals surface area contributed by atoms with E-state index in [0.29, 0.717) is 11.3 Å². The first-order valence-electron chi connectivity index (χ1n) is 5.86. The largest absolute Gasteiger partial charge is 0.573 e. The molecule has 0 saturated heterocycles. The van der Waals surface area contributed by atoms with Gasteiger partial charge in [-0.05, 0) is 24.3 Å². The minimum Gasteiger partial charge on any atom is -0.481 e. The van der Waals surface area contributed by atoms with Crippen molar-refractivity contribution in [1.82, 2.24) is 4.98 Å². The van der Waals surface area contributed by atoms with Crippen LogP contribution in [0, 0.1) is 0 Å². The maximum absolute atomic E-state index is 12.0. The Kier molecular flexibility index (Phi) is 4.15. The van der Waals surface area contributed by atoms with Gasteiger partial charge >= 0.3 is 12.3 Å². The SMILES string of the molecule is O=C(O)CCc1ncc(-c2ccc(OC(F)(F)F)cc2)o1. The number of aromatic nitrogens is 1. The van der Waals surface area contributed by atoms with Crippen molar-refractivity contribution in [2.45, 2.75) is 19.2 Å². The van der Waals surface area contributed by atoms with E-state index < -0.39 is 12.3 Å². The number of rotatable bonds is 5. The van der Waals surface area contributed by atoms with Crippen LogP contribution in [-0.4, -0.2) is 22.4 Å². The van der Waals surface area contributed by atoms with Crippen molar-refractivity contribution < 1.29 is 32.2 Å². The molecule has 0 atom stereocenters. The summed E-state index contributed by atoms with van der Waals surface area (Å²) < 4.78 is 45.1. The molecule has 0 spiro atoms. The van der Waals surface area contributed by atoms with E-state index in [1.165, 1.54) is 18.3 Å². The highest BCUT2D eigenvalue weighted by molar-refractivity contribution is 5.66. The molecule has 0 bridgehead atoms. The van der Waals surface area contributed by atoms with Gasteiger partial charge in [-0.3, -0.25) is 4.79 Å². The van der Waals surface area contributed by atoms with Crippen molar-refractivity contribution in [3.8, 4) is 17.1 Å². The fraction of sp³-hybridized carbons (Fsp3) is 0.231. The molecule has 5 nitrogen and oxygen atoms in total. The van der Waals surface area contributed by atoms with Crippen LogP contribution in [0.2, 0.25) is 0 Å². The number of aliphatic carboxylic acids is 1. The minimum absolute atomic E-state index is 0.113. The number of hydrogen-bond donors (Lipinski definition) is 1. The van der Waals surface area contributed by atoms with E-state index in [-0.39, 0.29) is 24.5 Å². The number of carboxylic acid groups (broad SMARTS) is 1. The third kappa shape index (κ3) is 4.51.